The number of rotatable bonds is 4. The Bertz CT molecular complexity index is 691. The van der Waals surface area contributed by atoms with Gasteiger partial charge in [0.15, 0.2) is 0 Å². The van der Waals surface area contributed by atoms with Crippen LogP contribution in [0.5, 0.6) is 5.75 Å². The van der Waals surface area contributed by atoms with Crippen LogP contribution < -0.4 is 9.64 Å². The summed E-state index contributed by atoms with van der Waals surface area (Å²) in [5.41, 5.74) is 2.30. The van der Waals surface area contributed by atoms with Crippen LogP contribution in [0.3, 0.4) is 0 Å². The van der Waals surface area contributed by atoms with Gasteiger partial charge in [0.25, 0.3) is 11.7 Å². The van der Waals surface area contributed by atoms with E-state index in [-0.39, 0.29) is 0 Å². The second-order valence-electron chi connectivity index (χ2n) is 4.96. The predicted octanol–water partition coefficient (Wildman–Crippen LogP) is 2.60. The zero-order chi connectivity index (χ0) is 14.8. The van der Waals surface area contributed by atoms with E-state index in [0.29, 0.717) is 24.4 Å². The summed E-state index contributed by atoms with van der Waals surface area (Å²) < 4.78 is 5.62. The van der Waals surface area contributed by atoms with Crippen LogP contribution in [0.4, 0.5) is 5.69 Å². The minimum Gasteiger partial charge on any atom is -0.492 e. The highest BCUT2D eigenvalue weighted by atomic mass is 16.5. The monoisotopic (exact) mass is 281 g/mol. The first kappa shape index (κ1) is 13.4. The van der Waals surface area contributed by atoms with E-state index in [1.54, 1.807) is 18.2 Å². The molecule has 0 bridgehead atoms. The quantitative estimate of drug-likeness (QED) is 0.809. The van der Waals surface area contributed by atoms with Gasteiger partial charge in [-0.1, -0.05) is 29.8 Å². The van der Waals surface area contributed by atoms with E-state index in [0.717, 1.165) is 11.3 Å². The highest BCUT2D eigenvalue weighted by molar-refractivity contribution is 6.52. The molecule has 0 atom stereocenters. The zero-order valence-electron chi connectivity index (χ0n) is 11.7. The van der Waals surface area contributed by atoms with Gasteiger partial charge in [-0.2, -0.15) is 0 Å². The second kappa shape index (κ2) is 5.40. The fourth-order valence-corrected chi connectivity index (χ4v) is 2.36. The maximum absolute atomic E-state index is 12.0. The maximum atomic E-state index is 12.0. The van der Waals surface area contributed by atoms with Gasteiger partial charge >= 0.3 is 0 Å². The molecule has 4 nitrogen and oxygen atoms in total. The largest absolute Gasteiger partial charge is 0.492 e. The van der Waals surface area contributed by atoms with Gasteiger partial charge in [-0.25, -0.2) is 0 Å². The van der Waals surface area contributed by atoms with Crippen molar-refractivity contribution in [2.45, 2.75) is 6.92 Å². The first-order valence-corrected chi connectivity index (χ1v) is 6.81. The van der Waals surface area contributed by atoms with Crippen molar-refractivity contribution in [3.8, 4) is 5.75 Å². The van der Waals surface area contributed by atoms with Gasteiger partial charge in [-0.05, 0) is 31.2 Å². The molecular formula is C17H15NO3. The molecule has 2 aromatic carbocycles. The third-order valence-electron chi connectivity index (χ3n) is 3.48. The van der Waals surface area contributed by atoms with E-state index < -0.39 is 11.7 Å². The SMILES string of the molecule is Cc1ccc(OCCN2C(=O)C(=O)c3ccccc32)cc1. The van der Waals surface area contributed by atoms with E-state index in [1.807, 2.05) is 37.3 Å². The van der Waals surface area contributed by atoms with Crippen molar-refractivity contribution in [1.29, 1.82) is 0 Å². The summed E-state index contributed by atoms with van der Waals surface area (Å²) in [7, 11) is 0. The van der Waals surface area contributed by atoms with Crippen LogP contribution in [0, 0.1) is 6.92 Å². The van der Waals surface area contributed by atoms with Crippen molar-refractivity contribution in [2.75, 3.05) is 18.1 Å². The molecule has 1 aliphatic rings. The Morgan fingerprint density at radius 3 is 2.48 bits per heavy atom. The van der Waals surface area contributed by atoms with Crippen molar-refractivity contribution in [2.24, 2.45) is 0 Å². The number of ether oxygens (including phenoxy) is 1. The van der Waals surface area contributed by atoms with Crippen LogP contribution in [0.25, 0.3) is 0 Å². The van der Waals surface area contributed by atoms with Crippen LogP contribution in [0.2, 0.25) is 0 Å². The lowest BCUT2D eigenvalue weighted by atomic mass is 10.1. The van der Waals surface area contributed by atoms with E-state index in [1.165, 1.54) is 4.90 Å². The molecule has 3 rings (SSSR count). The number of para-hydroxylation sites is 1. The average molecular weight is 281 g/mol. The molecule has 0 unspecified atom stereocenters. The highest BCUT2D eigenvalue weighted by Gasteiger charge is 2.34. The maximum Gasteiger partial charge on any atom is 0.299 e. The summed E-state index contributed by atoms with van der Waals surface area (Å²) in [4.78, 5) is 25.3. The Morgan fingerprint density at radius 2 is 1.71 bits per heavy atom. The molecule has 1 aliphatic heterocycles. The van der Waals surface area contributed by atoms with Gasteiger partial charge in [0, 0.05) is 0 Å². The second-order valence-corrected chi connectivity index (χ2v) is 4.96. The van der Waals surface area contributed by atoms with Crippen molar-refractivity contribution < 1.29 is 14.3 Å². The number of hydrogen-bond donors (Lipinski definition) is 0. The fourth-order valence-electron chi connectivity index (χ4n) is 2.36. The Hall–Kier alpha value is -2.62. The number of carbonyl (C=O) groups excluding carboxylic acids is 2. The van der Waals surface area contributed by atoms with Crippen molar-refractivity contribution >= 4 is 17.4 Å². The Labute approximate surface area is 123 Å². The van der Waals surface area contributed by atoms with Gasteiger partial charge in [0.05, 0.1) is 17.8 Å². The minimum atomic E-state index is -0.483. The number of carbonyl (C=O) groups is 2. The number of Topliss-reactive ketones (excluding diaryl/α,β-unsaturated/α-hetero) is 1. The Morgan fingerprint density at radius 1 is 1.00 bits per heavy atom. The molecule has 1 heterocycles. The lowest BCUT2D eigenvalue weighted by molar-refractivity contribution is -0.114. The van der Waals surface area contributed by atoms with Crippen LogP contribution in [0.15, 0.2) is 48.5 Å². The molecule has 0 aromatic heterocycles. The molecule has 0 aliphatic carbocycles. The van der Waals surface area contributed by atoms with E-state index in [9.17, 15) is 9.59 Å². The molecule has 4 heteroatoms. The molecule has 1 amide bonds. The highest BCUT2D eigenvalue weighted by Crippen LogP contribution is 2.28. The van der Waals surface area contributed by atoms with Crippen LogP contribution in [-0.2, 0) is 4.79 Å². The third kappa shape index (κ3) is 2.52. The Balaban J connectivity index is 1.67. The molecular weight excluding hydrogens is 266 g/mol. The normalized spacial score (nSPS) is 13.5. The molecule has 106 valence electrons. The molecule has 0 saturated carbocycles. The number of hydrogen-bond acceptors (Lipinski definition) is 3. The molecule has 0 radical (unpaired) electrons. The fraction of sp³-hybridized carbons (Fsp3) is 0.176. The minimum absolute atomic E-state index is 0.344. The predicted molar refractivity (Wildman–Crippen MR) is 79.8 cm³/mol. The van der Waals surface area contributed by atoms with Gasteiger partial charge in [0.1, 0.15) is 12.4 Å². The van der Waals surface area contributed by atoms with E-state index >= 15 is 0 Å². The van der Waals surface area contributed by atoms with Gasteiger partial charge in [-0.15, -0.1) is 0 Å². The number of fused-ring (bicyclic) bond motifs is 1. The van der Waals surface area contributed by atoms with Crippen LogP contribution in [-0.4, -0.2) is 24.8 Å². The van der Waals surface area contributed by atoms with Crippen molar-refractivity contribution in [3.05, 3.63) is 59.7 Å². The summed E-state index contributed by atoms with van der Waals surface area (Å²) in [6.45, 7) is 2.71. The van der Waals surface area contributed by atoms with Crippen LogP contribution >= 0.6 is 0 Å². The van der Waals surface area contributed by atoms with Gasteiger partial charge < -0.3 is 9.64 Å². The molecule has 0 saturated heterocycles. The first-order chi connectivity index (χ1) is 10.2. The van der Waals surface area contributed by atoms with Crippen LogP contribution in [0.1, 0.15) is 15.9 Å². The van der Waals surface area contributed by atoms with E-state index in [4.69, 9.17) is 4.74 Å². The van der Waals surface area contributed by atoms with Crippen molar-refractivity contribution in [3.63, 3.8) is 0 Å². The van der Waals surface area contributed by atoms with Gasteiger partial charge in [-0.3, -0.25) is 9.59 Å². The van der Waals surface area contributed by atoms with Gasteiger partial charge in [0.2, 0.25) is 0 Å². The number of amides is 1. The smallest absolute Gasteiger partial charge is 0.299 e. The molecule has 0 N–H and O–H groups in total. The molecule has 2 aromatic rings. The average Bonchev–Trinajstić information content (AvgIpc) is 2.75. The topological polar surface area (TPSA) is 46.6 Å². The number of ketones is 1. The molecule has 0 spiro atoms. The lowest BCUT2D eigenvalue weighted by Crippen LogP contribution is -2.33. The lowest BCUT2D eigenvalue weighted by Gasteiger charge is -2.16. The van der Waals surface area contributed by atoms with Crippen molar-refractivity contribution in [1.82, 2.24) is 0 Å². The number of nitrogens with zero attached hydrogens (tertiary/aromatic N) is 1. The van der Waals surface area contributed by atoms with E-state index in [2.05, 4.69) is 0 Å². The summed E-state index contributed by atoms with van der Waals surface area (Å²) in [6.07, 6.45) is 0. The Kier molecular flexibility index (Phi) is 3.44. The third-order valence-corrected chi connectivity index (χ3v) is 3.48. The number of benzene rings is 2. The summed E-state index contributed by atoms with van der Waals surface area (Å²) in [5.74, 6) is -0.170. The zero-order valence-corrected chi connectivity index (χ0v) is 11.7. The molecule has 0 fully saturated rings. The standard InChI is InChI=1S/C17H15NO3/c1-12-6-8-13(9-7-12)21-11-10-18-15-5-3-2-4-14(15)16(19)17(18)20/h2-9H,10-11H2,1H3. The number of anilines is 1. The first-order valence-electron chi connectivity index (χ1n) is 6.81. The summed E-state index contributed by atoms with van der Waals surface area (Å²) in [6, 6.07) is 14.8. The number of aryl methyl sites for hydroxylation is 1. The molecule has 21 heavy (non-hydrogen) atoms. The summed E-state index contributed by atoms with van der Waals surface area (Å²) in [5, 5.41) is 0. The summed E-state index contributed by atoms with van der Waals surface area (Å²) >= 11 is 0.